The summed E-state index contributed by atoms with van der Waals surface area (Å²) in [5.74, 6) is -0.291. The monoisotopic (exact) mass is 507 g/mol. The van der Waals surface area contributed by atoms with Gasteiger partial charge in [0, 0.05) is 32.8 Å². The number of likely N-dealkylation sites (N-methyl/N-ethyl adjacent to an activating group) is 1. The topological polar surface area (TPSA) is 84.7 Å². The van der Waals surface area contributed by atoms with Crippen LogP contribution in [0.15, 0.2) is 77.3 Å². The summed E-state index contributed by atoms with van der Waals surface area (Å²) in [6.07, 6.45) is 0. The molecular weight excluding hydrogens is 486 g/mol. The number of para-hydroxylation sites is 2. The average molecular weight is 508 g/mol. The number of amides is 1. The summed E-state index contributed by atoms with van der Waals surface area (Å²) in [6, 6.07) is 21.3. The van der Waals surface area contributed by atoms with Crippen LogP contribution >= 0.6 is 15.9 Å². The highest BCUT2D eigenvalue weighted by molar-refractivity contribution is 9.10. The lowest BCUT2D eigenvalue weighted by molar-refractivity contribution is -0.534. The SMILES string of the molecule is CN1C[C@H](c2ccccc2OCc2ccc(Br)cc2)[C@H]([N+](=O)[O-])[C@]12C(=O)Nc1ccccc12. The highest BCUT2D eigenvalue weighted by atomic mass is 79.9. The molecule has 1 spiro atoms. The lowest BCUT2D eigenvalue weighted by atomic mass is 9.79. The highest BCUT2D eigenvalue weighted by Gasteiger charge is 2.68. The van der Waals surface area contributed by atoms with Crippen molar-refractivity contribution in [2.45, 2.75) is 24.1 Å². The summed E-state index contributed by atoms with van der Waals surface area (Å²) in [5, 5.41) is 15.4. The number of carbonyl (C=O) groups excluding carboxylic acids is 1. The zero-order valence-electron chi connectivity index (χ0n) is 17.9. The Labute approximate surface area is 199 Å². The smallest absolute Gasteiger partial charge is 0.256 e. The lowest BCUT2D eigenvalue weighted by Gasteiger charge is -2.30. The Morgan fingerprint density at radius 3 is 2.58 bits per heavy atom. The van der Waals surface area contributed by atoms with Gasteiger partial charge in [0.1, 0.15) is 12.4 Å². The fourth-order valence-corrected chi connectivity index (χ4v) is 5.49. The van der Waals surface area contributed by atoms with E-state index in [1.54, 1.807) is 19.2 Å². The Morgan fingerprint density at radius 2 is 1.82 bits per heavy atom. The minimum absolute atomic E-state index is 0.304. The molecule has 1 saturated heterocycles. The number of hydrogen-bond donors (Lipinski definition) is 1. The van der Waals surface area contributed by atoms with Gasteiger partial charge in [-0.2, -0.15) is 0 Å². The summed E-state index contributed by atoms with van der Waals surface area (Å²) >= 11 is 3.43. The van der Waals surface area contributed by atoms with Gasteiger partial charge < -0.3 is 10.1 Å². The molecule has 168 valence electrons. The van der Waals surface area contributed by atoms with Gasteiger partial charge >= 0.3 is 0 Å². The molecule has 1 amide bonds. The van der Waals surface area contributed by atoms with E-state index in [1.807, 2.05) is 65.6 Å². The van der Waals surface area contributed by atoms with Gasteiger partial charge in [0.2, 0.25) is 0 Å². The van der Waals surface area contributed by atoms with Gasteiger partial charge in [-0.25, -0.2) is 0 Å². The number of likely N-dealkylation sites (tertiary alicyclic amines) is 1. The largest absolute Gasteiger partial charge is 0.489 e. The number of nitrogens with one attached hydrogen (secondary N) is 1. The third kappa shape index (κ3) is 3.41. The molecule has 0 saturated carbocycles. The number of rotatable bonds is 5. The van der Waals surface area contributed by atoms with Crippen molar-refractivity contribution in [1.29, 1.82) is 0 Å². The van der Waals surface area contributed by atoms with E-state index in [0.717, 1.165) is 15.6 Å². The molecular formula is C25H22BrN3O4. The number of carbonyl (C=O) groups is 1. The van der Waals surface area contributed by atoms with Crippen LogP contribution in [0.2, 0.25) is 0 Å². The normalized spacial score (nSPS) is 24.0. The first kappa shape index (κ1) is 21.6. The second kappa shape index (κ2) is 8.28. The molecule has 3 atom stereocenters. The summed E-state index contributed by atoms with van der Waals surface area (Å²) in [5.41, 5.74) is 1.63. The fraction of sp³-hybridized carbons (Fsp3) is 0.240. The Kier molecular flexibility index (Phi) is 5.42. The maximum Gasteiger partial charge on any atom is 0.256 e. The summed E-state index contributed by atoms with van der Waals surface area (Å²) in [4.78, 5) is 27.3. The molecule has 7 nitrogen and oxygen atoms in total. The Morgan fingerprint density at radius 1 is 1.12 bits per heavy atom. The molecule has 8 heteroatoms. The standard InChI is InChI=1S/C25H22BrN3O4/c1-28-14-19(18-6-2-5-9-22(18)33-15-16-10-12-17(26)13-11-16)23(29(31)32)25(28)20-7-3-4-8-21(20)27-24(25)30/h2-13,19,23H,14-15H2,1H3,(H,27,30)/t19-,23+,25-/m1/s1. The second-order valence-electron chi connectivity index (χ2n) is 8.44. The van der Waals surface area contributed by atoms with E-state index in [9.17, 15) is 14.9 Å². The van der Waals surface area contributed by atoms with Gasteiger partial charge in [-0.15, -0.1) is 0 Å². The van der Waals surface area contributed by atoms with Gasteiger partial charge in [-0.3, -0.25) is 19.8 Å². The van der Waals surface area contributed by atoms with Crippen molar-refractivity contribution in [1.82, 2.24) is 4.90 Å². The number of benzene rings is 3. The maximum absolute atomic E-state index is 13.3. The van der Waals surface area contributed by atoms with Crippen LogP contribution in [0.3, 0.4) is 0 Å². The highest BCUT2D eigenvalue weighted by Crippen LogP contribution is 2.52. The van der Waals surface area contributed by atoms with E-state index >= 15 is 0 Å². The molecule has 2 aliphatic heterocycles. The van der Waals surface area contributed by atoms with Crippen LogP contribution < -0.4 is 10.1 Å². The third-order valence-corrected chi connectivity index (χ3v) is 7.20. The first-order valence-electron chi connectivity index (χ1n) is 10.6. The molecule has 0 aliphatic carbocycles. The molecule has 0 aromatic heterocycles. The number of fused-ring (bicyclic) bond motifs is 2. The fourth-order valence-electron chi connectivity index (χ4n) is 5.22. The first-order chi connectivity index (χ1) is 15.9. The van der Waals surface area contributed by atoms with Crippen molar-refractivity contribution in [3.63, 3.8) is 0 Å². The van der Waals surface area contributed by atoms with E-state index in [-0.39, 0.29) is 10.8 Å². The van der Waals surface area contributed by atoms with Gasteiger partial charge in [-0.05, 0) is 36.9 Å². The molecule has 2 aliphatic rings. The van der Waals surface area contributed by atoms with Gasteiger partial charge in [-0.1, -0.05) is 64.5 Å². The molecule has 3 aromatic carbocycles. The van der Waals surface area contributed by atoms with Crippen molar-refractivity contribution in [3.8, 4) is 5.75 Å². The molecule has 1 N–H and O–H groups in total. The molecule has 0 bridgehead atoms. The van der Waals surface area contributed by atoms with Gasteiger partial charge in [0.25, 0.3) is 11.9 Å². The number of anilines is 1. The van der Waals surface area contributed by atoms with Crippen LogP contribution in [-0.2, 0) is 16.9 Å². The summed E-state index contributed by atoms with van der Waals surface area (Å²) in [7, 11) is 1.78. The quantitative estimate of drug-likeness (QED) is 0.404. The molecule has 33 heavy (non-hydrogen) atoms. The summed E-state index contributed by atoms with van der Waals surface area (Å²) in [6.45, 7) is 0.691. The van der Waals surface area contributed by atoms with Crippen LogP contribution in [0.1, 0.15) is 22.6 Å². The Hall–Kier alpha value is -3.23. The molecule has 0 unspecified atom stereocenters. The minimum atomic E-state index is -1.37. The maximum atomic E-state index is 13.3. The van der Waals surface area contributed by atoms with Crippen molar-refractivity contribution < 1.29 is 14.5 Å². The first-order valence-corrected chi connectivity index (χ1v) is 11.4. The van der Waals surface area contributed by atoms with Gasteiger partial charge in [0.15, 0.2) is 5.54 Å². The van der Waals surface area contributed by atoms with Crippen molar-refractivity contribution in [3.05, 3.63) is 104 Å². The predicted molar refractivity (Wildman–Crippen MR) is 128 cm³/mol. The predicted octanol–water partition coefficient (Wildman–Crippen LogP) is 4.55. The molecule has 1 fully saturated rings. The number of halogens is 1. The zero-order chi connectivity index (χ0) is 23.2. The number of ether oxygens (including phenoxy) is 1. The number of nitro groups is 1. The number of hydrogen-bond acceptors (Lipinski definition) is 5. The Bertz CT molecular complexity index is 1230. The minimum Gasteiger partial charge on any atom is -0.489 e. The molecule has 2 heterocycles. The van der Waals surface area contributed by atoms with E-state index in [0.29, 0.717) is 30.2 Å². The molecule has 3 aromatic rings. The van der Waals surface area contributed by atoms with Crippen LogP contribution in [0.4, 0.5) is 5.69 Å². The summed E-state index contributed by atoms with van der Waals surface area (Å²) < 4.78 is 7.11. The van der Waals surface area contributed by atoms with Crippen LogP contribution in [-0.4, -0.2) is 35.4 Å². The van der Waals surface area contributed by atoms with Gasteiger partial charge in [0.05, 0.1) is 5.92 Å². The van der Waals surface area contributed by atoms with Crippen molar-refractivity contribution >= 4 is 27.5 Å². The van der Waals surface area contributed by atoms with Crippen LogP contribution in [0.5, 0.6) is 5.75 Å². The lowest BCUT2D eigenvalue weighted by Crippen LogP contribution is -2.54. The average Bonchev–Trinajstić information content (AvgIpc) is 3.28. The van der Waals surface area contributed by atoms with E-state index in [1.165, 1.54) is 0 Å². The number of nitrogens with zero attached hydrogens (tertiary/aromatic N) is 2. The van der Waals surface area contributed by atoms with E-state index in [2.05, 4.69) is 21.2 Å². The Balaban J connectivity index is 1.54. The van der Waals surface area contributed by atoms with Crippen LogP contribution in [0.25, 0.3) is 0 Å². The van der Waals surface area contributed by atoms with Crippen LogP contribution in [0, 0.1) is 10.1 Å². The second-order valence-corrected chi connectivity index (χ2v) is 9.35. The van der Waals surface area contributed by atoms with E-state index < -0.39 is 17.5 Å². The van der Waals surface area contributed by atoms with Crippen molar-refractivity contribution in [2.24, 2.45) is 0 Å². The third-order valence-electron chi connectivity index (χ3n) is 6.67. The van der Waals surface area contributed by atoms with Crippen molar-refractivity contribution in [2.75, 3.05) is 18.9 Å². The zero-order valence-corrected chi connectivity index (χ0v) is 19.5. The molecule has 0 radical (unpaired) electrons. The van der Waals surface area contributed by atoms with E-state index in [4.69, 9.17) is 4.74 Å². The molecule has 5 rings (SSSR count).